The molecule has 1 fully saturated rings. The lowest BCUT2D eigenvalue weighted by Crippen LogP contribution is -2.49. The van der Waals surface area contributed by atoms with E-state index in [1.165, 1.54) is 12.1 Å². The molecule has 0 spiro atoms. The Hall–Kier alpha value is -3.81. The number of hydrogen-bond donors (Lipinski definition) is 0. The van der Waals surface area contributed by atoms with Crippen molar-refractivity contribution >= 4 is 22.8 Å². The molecule has 3 heterocycles. The molecule has 1 amide bonds. The fraction of sp³-hybridized carbons (Fsp3) is 0.250. The lowest BCUT2D eigenvalue weighted by atomic mass is 10.1. The highest BCUT2D eigenvalue weighted by Crippen LogP contribution is 2.26. The number of piperazine rings is 1. The number of para-hydroxylation sites is 2. The van der Waals surface area contributed by atoms with E-state index in [1.54, 1.807) is 17.0 Å². The second kappa shape index (κ2) is 8.03. The minimum Gasteiger partial charge on any atom is -0.350 e. The monoisotopic (exact) mass is 430 g/mol. The molecule has 2 aromatic carbocycles. The number of carbonyl (C=O) groups excluding carboxylic acids is 1. The summed E-state index contributed by atoms with van der Waals surface area (Å²) in [6, 6.07) is 15.9. The van der Waals surface area contributed by atoms with Crippen molar-refractivity contribution in [1.82, 2.24) is 24.6 Å². The molecule has 7 nitrogen and oxygen atoms in total. The third-order valence-corrected chi connectivity index (χ3v) is 5.72. The number of halogens is 1. The molecule has 32 heavy (non-hydrogen) atoms. The maximum atomic E-state index is 14.1. The number of anilines is 1. The first-order chi connectivity index (χ1) is 15.5. The zero-order valence-electron chi connectivity index (χ0n) is 18.0. The predicted octanol–water partition coefficient (Wildman–Crippen LogP) is 3.53. The van der Waals surface area contributed by atoms with Crippen molar-refractivity contribution in [3.63, 3.8) is 0 Å². The second-order valence-corrected chi connectivity index (χ2v) is 7.96. The third-order valence-electron chi connectivity index (χ3n) is 5.72. The van der Waals surface area contributed by atoms with Crippen LogP contribution in [0.2, 0.25) is 0 Å². The van der Waals surface area contributed by atoms with Gasteiger partial charge in [0, 0.05) is 31.9 Å². The highest BCUT2D eigenvalue weighted by molar-refractivity contribution is 5.94. The third kappa shape index (κ3) is 3.57. The van der Waals surface area contributed by atoms with Crippen molar-refractivity contribution in [2.24, 2.45) is 0 Å². The topological polar surface area (TPSA) is 67.2 Å². The fourth-order valence-corrected chi connectivity index (χ4v) is 4.11. The number of amides is 1. The van der Waals surface area contributed by atoms with Gasteiger partial charge in [-0.1, -0.05) is 24.3 Å². The number of nitrogens with zero attached hydrogens (tertiary/aromatic N) is 6. The Morgan fingerprint density at radius 1 is 0.875 bits per heavy atom. The minimum atomic E-state index is -0.493. The number of carbonyl (C=O) groups is 1. The Bertz CT molecular complexity index is 1310. The van der Waals surface area contributed by atoms with E-state index in [4.69, 9.17) is 9.97 Å². The largest absolute Gasteiger partial charge is 0.350 e. The maximum absolute atomic E-state index is 14.1. The average molecular weight is 430 g/mol. The Morgan fingerprint density at radius 3 is 2.12 bits per heavy atom. The van der Waals surface area contributed by atoms with Gasteiger partial charge in [0.15, 0.2) is 11.6 Å². The van der Waals surface area contributed by atoms with Crippen LogP contribution in [0.3, 0.4) is 0 Å². The minimum absolute atomic E-state index is 0.106. The SMILES string of the molecule is Cc1cc(C)n(-c2nc3ccccc3nc2N2CCN(C(=O)c3ccccc3F)CC2)n1. The molecule has 0 N–H and O–H groups in total. The van der Waals surface area contributed by atoms with Gasteiger partial charge >= 0.3 is 0 Å². The van der Waals surface area contributed by atoms with Gasteiger partial charge in [-0.25, -0.2) is 19.0 Å². The molecule has 1 aliphatic rings. The maximum Gasteiger partial charge on any atom is 0.256 e. The van der Waals surface area contributed by atoms with Crippen molar-refractivity contribution in [1.29, 1.82) is 0 Å². The van der Waals surface area contributed by atoms with Gasteiger partial charge in [-0.2, -0.15) is 5.10 Å². The molecule has 162 valence electrons. The van der Waals surface area contributed by atoms with Gasteiger partial charge in [0.25, 0.3) is 5.91 Å². The fourth-order valence-electron chi connectivity index (χ4n) is 4.11. The highest BCUT2D eigenvalue weighted by atomic mass is 19.1. The summed E-state index contributed by atoms with van der Waals surface area (Å²) in [5.74, 6) is 0.620. The van der Waals surface area contributed by atoms with Gasteiger partial charge in [0.1, 0.15) is 5.82 Å². The van der Waals surface area contributed by atoms with Crippen LogP contribution in [-0.4, -0.2) is 56.7 Å². The van der Waals surface area contributed by atoms with E-state index < -0.39 is 5.82 Å². The first-order valence-electron chi connectivity index (χ1n) is 10.6. The summed E-state index contributed by atoms with van der Waals surface area (Å²) >= 11 is 0. The van der Waals surface area contributed by atoms with Crippen LogP contribution in [0, 0.1) is 19.7 Å². The van der Waals surface area contributed by atoms with Crippen molar-refractivity contribution in [2.45, 2.75) is 13.8 Å². The summed E-state index contributed by atoms with van der Waals surface area (Å²) in [5.41, 5.74) is 3.59. The highest BCUT2D eigenvalue weighted by Gasteiger charge is 2.27. The Balaban J connectivity index is 1.46. The van der Waals surface area contributed by atoms with Gasteiger partial charge in [-0.05, 0) is 44.2 Å². The van der Waals surface area contributed by atoms with E-state index in [0.717, 1.165) is 28.2 Å². The summed E-state index contributed by atoms with van der Waals surface area (Å²) in [7, 11) is 0. The van der Waals surface area contributed by atoms with E-state index in [-0.39, 0.29) is 11.5 Å². The second-order valence-electron chi connectivity index (χ2n) is 7.96. The van der Waals surface area contributed by atoms with Crippen LogP contribution in [0.4, 0.5) is 10.2 Å². The predicted molar refractivity (Wildman–Crippen MR) is 121 cm³/mol. The Morgan fingerprint density at radius 2 is 1.50 bits per heavy atom. The van der Waals surface area contributed by atoms with Gasteiger partial charge < -0.3 is 9.80 Å². The molecule has 5 rings (SSSR count). The number of benzene rings is 2. The molecule has 0 saturated carbocycles. The Labute approximate surface area is 185 Å². The number of fused-ring (bicyclic) bond motifs is 1. The Kier molecular flexibility index (Phi) is 5.05. The van der Waals surface area contributed by atoms with Crippen molar-refractivity contribution < 1.29 is 9.18 Å². The lowest BCUT2D eigenvalue weighted by Gasteiger charge is -2.36. The quantitative estimate of drug-likeness (QED) is 0.497. The van der Waals surface area contributed by atoms with Gasteiger partial charge in [0.2, 0.25) is 0 Å². The molecule has 0 atom stereocenters. The normalized spacial score (nSPS) is 14.2. The van der Waals surface area contributed by atoms with Crippen LogP contribution in [0.15, 0.2) is 54.6 Å². The zero-order chi connectivity index (χ0) is 22.2. The molecular formula is C24H23FN6O. The first-order valence-corrected chi connectivity index (χ1v) is 10.6. The molecule has 0 unspecified atom stereocenters. The number of rotatable bonds is 3. The number of hydrogen-bond acceptors (Lipinski definition) is 5. The van der Waals surface area contributed by atoms with Crippen LogP contribution >= 0.6 is 0 Å². The lowest BCUT2D eigenvalue weighted by molar-refractivity contribution is 0.0742. The van der Waals surface area contributed by atoms with Crippen molar-refractivity contribution in [3.8, 4) is 5.82 Å². The molecule has 8 heteroatoms. The summed E-state index contributed by atoms with van der Waals surface area (Å²) in [4.78, 5) is 26.4. The van der Waals surface area contributed by atoms with Crippen LogP contribution in [0.5, 0.6) is 0 Å². The zero-order valence-corrected chi connectivity index (χ0v) is 18.0. The average Bonchev–Trinajstić information content (AvgIpc) is 3.16. The molecular weight excluding hydrogens is 407 g/mol. The molecule has 4 aromatic rings. The summed E-state index contributed by atoms with van der Waals surface area (Å²) in [6.45, 7) is 6.02. The summed E-state index contributed by atoms with van der Waals surface area (Å²) in [5, 5.41) is 4.62. The molecule has 0 radical (unpaired) electrons. The van der Waals surface area contributed by atoms with E-state index in [9.17, 15) is 9.18 Å². The smallest absolute Gasteiger partial charge is 0.256 e. The number of aryl methyl sites for hydroxylation is 2. The van der Waals surface area contributed by atoms with E-state index in [2.05, 4.69) is 10.00 Å². The molecule has 0 bridgehead atoms. The van der Waals surface area contributed by atoms with Crippen molar-refractivity contribution in [2.75, 3.05) is 31.1 Å². The van der Waals surface area contributed by atoms with E-state index in [0.29, 0.717) is 32.0 Å². The van der Waals surface area contributed by atoms with Crippen LogP contribution in [-0.2, 0) is 0 Å². The van der Waals surface area contributed by atoms with Crippen LogP contribution < -0.4 is 4.90 Å². The van der Waals surface area contributed by atoms with E-state index >= 15 is 0 Å². The van der Waals surface area contributed by atoms with Gasteiger partial charge in [0.05, 0.1) is 22.3 Å². The first kappa shape index (κ1) is 20.1. The molecule has 2 aromatic heterocycles. The van der Waals surface area contributed by atoms with Crippen molar-refractivity contribution in [3.05, 3.63) is 77.4 Å². The van der Waals surface area contributed by atoms with Gasteiger partial charge in [-0.3, -0.25) is 4.79 Å². The molecule has 0 aliphatic carbocycles. The van der Waals surface area contributed by atoms with E-state index in [1.807, 2.05) is 48.9 Å². The van der Waals surface area contributed by atoms with Crippen LogP contribution in [0.25, 0.3) is 16.9 Å². The number of aromatic nitrogens is 4. The molecule has 1 saturated heterocycles. The summed E-state index contributed by atoms with van der Waals surface area (Å²) < 4.78 is 15.9. The molecule has 1 aliphatic heterocycles. The van der Waals surface area contributed by atoms with Gasteiger partial charge in [-0.15, -0.1) is 0 Å². The van der Waals surface area contributed by atoms with Crippen LogP contribution in [0.1, 0.15) is 21.7 Å². The standard InChI is InChI=1S/C24H23FN6O/c1-16-15-17(2)31(28-16)23-22(26-20-9-5-6-10-21(20)27-23)29-11-13-30(14-12-29)24(32)18-7-3-4-8-19(18)25/h3-10,15H,11-14H2,1-2H3. The summed E-state index contributed by atoms with van der Waals surface area (Å²) in [6.07, 6.45) is 0.